The quantitative estimate of drug-likeness (QED) is 0.738. The second kappa shape index (κ2) is 4.62. The van der Waals surface area contributed by atoms with Crippen molar-refractivity contribution in [3.8, 4) is 0 Å². The zero-order chi connectivity index (χ0) is 14.1. The van der Waals surface area contributed by atoms with Crippen LogP contribution in [-0.2, 0) is 0 Å². The van der Waals surface area contributed by atoms with Gasteiger partial charge in [-0.2, -0.15) is 0 Å². The standard InChI is InChI=1S/C15H10N2O3/c18-14(10-4-2-1-3-5-10)12-9-17-8-11(15(19)20)6-7-13(17)16-12/h1-9H,(H,19,20). The van der Waals surface area contributed by atoms with E-state index in [1.807, 2.05) is 6.07 Å². The third kappa shape index (κ3) is 2.05. The first kappa shape index (κ1) is 12.1. The number of carboxylic acid groups (broad SMARTS) is 1. The van der Waals surface area contributed by atoms with Gasteiger partial charge in [-0.15, -0.1) is 0 Å². The first-order valence-corrected chi connectivity index (χ1v) is 5.97. The minimum Gasteiger partial charge on any atom is -0.478 e. The number of carbonyl (C=O) groups is 2. The molecule has 0 amide bonds. The van der Waals surface area contributed by atoms with Gasteiger partial charge < -0.3 is 9.51 Å². The highest BCUT2D eigenvalue weighted by Gasteiger charge is 2.13. The van der Waals surface area contributed by atoms with Crippen LogP contribution in [0.3, 0.4) is 0 Å². The van der Waals surface area contributed by atoms with E-state index in [9.17, 15) is 9.59 Å². The minimum absolute atomic E-state index is 0.147. The predicted octanol–water partition coefficient (Wildman–Crippen LogP) is 2.26. The van der Waals surface area contributed by atoms with E-state index in [1.165, 1.54) is 18.5 Å². The van der Waals surface area contributed by atoms with Crippen LogP contribution in [0, 0.1) is 0 Å². The lowest BCUT2D eigenvalue weighted by Gasteiger charge is -1.95. The van der Waals surface area contributed by atoms with Crippen molar-refractivity contribution in [2.24, 2.45) is 0 Å². The molecule has 2 aromatic heterocycles. The molecule has 5 heteroatoms. The number of imidazole rings is 1. The number of pyridine rings is 1. The lowest BCUT2D eigenvalue weighted by molar-refractivity contribution is 0.0696. The second-order valence-corrected chi connectivity index (χ2v) is 4.31. The van der Waals surface area contributed by atoms with Crippen molar-refractivity contribution in [2.75, 3.05) is 0 Å². The first-order valence-electron chi connectivity index (χ1n) is 5.97. The number of hydrogen-bond acceptors (Lipinski definition) is 3. The number of fused-ring (bicyclic) bond motifs is 1. The van der Waals surface area contributed by atoms with Crippen molar-refractivity contribution in [3.63, 3.8) is 0 Å². The summed E-state index contributed by atoms with van der Waals surface area (Å²) in [5, 5.41) is 8.94. The molecule has 3 rings (SSSR count). The van der Waals surface area contributed by atoms with Gasteiger partial charge in [0.1, 0.15) is 11.3 Å². The van der Waals surface area contributed by atoms with Crippen LogP contribution in [0.1, 0.15) is 26.4 Å². The Morgan fingerprint density at radius 2 is 1.70 bits per heavy atom. The molecule has 0 aliphatic carbocycles. The molecule has 98 valence electrons. The van der Waals surface area contributed by atoms with Gasteiger partial charge in [0.2, 0.25) is 5.78 Å². The van der Waals surface area contributed by atoms with Crippen molar-refractivity contribution in [3.05, 3.63) is 71.7 Å². The van der Waals surface area contributed by atoms with Gasteiger partial charge in [0.25, 0.3) is 0 Å². The molecule has 0 radical (unpaired) electrons. The summed E-state index contributed by atoms with van der Waals surface area (Å²) in [6, 6.07) is 11.9. The van der Waals surface area contributed by atoms with Crippen LogP contribution in [0.15, 0.2) is 54.9 Å². The average molecular weight is 266 g/mol. The summed E-state index contributed by atoms with van der Waals surface area (Å²) < 4.78 is 1.54. The lowest BCUT2D eigenvalue weighted by atomic mass is 10.1. The number of carboxylic acids is 1. The third-order valence-electron chi connectivity index (χ3n) is 2.97. The van der Waals surface area contributed by atoms with Crippen molar-refractivity contribution in [1.29, 1.82) is 0 Å². The van der Waals surface area contributed by atoms with Crippen LogP contribution in [0.25, 0.3) is 5.65 Å². The van der Waals surface area contributed by atoms with Crippen molar-refractivity contribution in [2.45, 2.75) is 0 Å². The number of carbonyl (C=O) groups excluding carboxylic acids is 1. The summed E-state index contributed by atoms with van der Waals surface area (Å²) in [6.07, 6.45) is 2.98. The number of aromatic carboxylic acids is 1. The fraction of sp³-hybridized carbons (Fsp3) is 0. The maximum atomic E-state index is 12.2. The molecule has 3 aromatic rings. The highest BCUT2D eigenvalue weighted by atomic mass is 16.4. The van der Waals surface area contributed by atoms with E-state index >= 15 is 0 Å². The van der Waals surface area contributed by atoms with E-state index in [4.69, 9.17) is 5.11 Å². The van der Waals surface area contributed by atoms with Crippen LogP contribution in [0.5, 0.6) is 0 Å². The zero-order valence-corrected chi connectivity index (χ0v) is 10.4. The van der Waals surface area contributed by atoms with Gasteiger partial charge in [-0.3, -0.25) is 4.79 Å². The van der Waals surface area contributed by atoms with Gasteiger partial charge in [0.15, 0.2) is 0 Å². The molecule has 0 saturated heterocycles. The van der Waals surface area contributed by atoms with Gasteiger partial charge in [-0.25, -0.2) is 9.78 Å². The highest BCUT2D eigenvalue weighted by molar-refractivity contribution is 6.08. The zero-order valence-electron chi connectivity index (χ0n) is 10.4. The molecule has 0 aliphatic rings. The Kier molecular flexibility index (Phi) is 2.80. The van der Waals surface area contributed by atoms with Crippen LogP contribution in [0.2, 0.25) is 0 Å². The predicted molar refractivity (Wildman–Crippen MR) is 72.0 cm³/mol. The van der Waals surface area contributed by atoms with E-state index in [-0.39, 0.29) is 11.3 Å². The Balaban J connectivity index is 2.05. The molecule has 0 aliphatic heterocycles. The SMILES string of the molecule is O=C(O)c1ccc2nc(C(=O)c3ccccc3)cn2c1. The minimum atomic E-state index is -1.02. The Morgan fingerprint density at radius 1 is 0.950 bits per heavy atom. The Morgan fingerprint density at radius 3 is 2.40 bits per heavy atom. The van der Waals surface area contributed by atoms with E-state index in [0.29, 0.717) is 16.9 Å². The topological polar surface area (TPSA) is 71.7 Å². The second-order valence-electron chi connectivity index (χ2n) is 4.31. The molecule has 5 nitrogen and oxygen atoms in total. The number of nitrogens with zero attached hydrogens (tertiary/aromatic N) is 2. The summed E-state index contributed by atoms with van der Waals surface area (Å²) >= 11 is 0. The summed E-state index contributed by atoms with van der Waals surface area (Å²) in [5.74, 6) is -1.21. The third-order valence-corrected chi connectivity index (χ3v) is 2.97. The molecular weight excluding hydrogens is 256 g/mol. The van der Waals surface area contributed by atoms with Gasteiger partial charge in [-0.05, 0) is 12.1 Å². The molecule has 1 aromatic carbocycles. The smallest absolute Gasteiger partial charge is 0.337 e. The Hall–Kier alpha value is -2.95. The molecular formula is C15H10N2O3. The molecule has 0 fully saturated rings. The van der Waals surface area contributed by atoms with Crippen molar-refractivity contribution in [1.82, 2.24) is 9.38 Å². The Labute approximate surface area is 114 Å². The number of rotatable bonds is 3. The van der Waals surface area contributed by atoms with Crippen LogP contribution < -0.4 is 0 Å². The molecule has 0 spiro atoms. The lowest BCUT2D eigenvalue weighted by Crippen LogP contribution is -2.00. The summed E-state index contributed by atoms with van der Waals surface area (Å²) in [4.78, 5) is 27.4. The molecule has 1 N–H and O–H groups in total. The summed E-state index contributed by atoms with van der Waals surface area (Å²) in [6.45, 7) is 0. The van der Waals surface area contributed by atoms with Crippen molar-refractivity contribution >= 4 is 17.4 Å². The van der Waals surface area contributed by atoms with Gasteiger partial charge in [-0.1, -0.05) is 30.3 Å². The fourth-order valence-electron chi connectivity index (χ4n) is 1.97. The number of ketones is 1. The molecule has 0 bridgehead atoms. The van der Waals surface area contributed by atoms with Crippen LogP contribution >= 0.6 is 0 Å². The van der Waals surface area contributed by atoms with Crippen LogP contribution in [-0.4, -0.2) is 26.2 Å². The summed E-state index contributed by atoms with van der Waals surface area (Å²) in [7, 11) is 0. The molecule has 0 atom stereocenters. The van der Waals surface area contributed by atoms with Gasteiger partial charge >= 0.3 is 5.97 Å². The number of hydrogen-bond donors (Lipinski definition) is 1. The van der Waals surface area contributed by atoms with Gasteiger partial charge in [0.05, 0.1) is 5.56 Å². The normalized spacial score (nSPS) is 10.6. The Bertz CT molecular complexity index is 806. The molecule has 0 saturated carbocycles. The van der Waals surface area contributed by atoms with Crippen molar-refractivity contribution < 1.29 is 14.7 Å². The first-order chi connectivity index (χ1) is 9.65. The maximum absolute atomic E-state index is 12.2. The largest absolute Gasteiger partial charge is 0.478 e. The average Bonchev–Trinajstić information content (AvgIpc) is 2.90. The van der Waals surface area contributed by atoms with E-state index < -0.39 is 5.97 Å². The number of benzene rings is 1. The molecule has 0 unspecified atom stereocenters. The van der Waals surface area contributed by atoms with Gasteiger partial charge in [0, 0.05) is 18.0 Å². The summed E-state index contributed by atoms with van der Waals surface area (Å²) in [5.41, 5.74) is 1.52. The fourth-order valence-corrected chi connectivity index (χ4v) is 1.97. The maximum Gasteiger partial charge on any atom is 0.337 e. The van der Waals surface area contributed by atoms with E-state index in [1.54, 1.807) is 34.7 Å². The molecule has 2 heterocycles. The molecule has 20 heavy (non-hydrogen) atoms. The highest BCUT2D eigenvalue weighted by Crippen LogP contribution is 2.12. The monoisotopic (exact) mass is 266 g/mol. The van der Waals surface area contributed by atoms with E-state index in [0.717, 1.165) is 0 Å². The van der Waals surface area contributed by atoms with Crippen LogP contribution in [0.4, 0.5) is 0 Å². The van der Waals surface area contributed by atoms with E-state index in [2.05, 4.69) is 4.98 Å². The number of aromatic nitrogens is 2.